The summed E-state index contributed by atoms with van der Waals surface area (Å²) in [7, 11) is 2.05. The first kappa shape index (κ1) is 17.1. The molecule has 0 spiro atoms. The van der Waals surface area contributed by atoms with Gasteiger partial charge >= 0.3 is 0 Å². The average molecular weight is 410 g/mol. The van der Waals surface area contributed by atoms with Crippen LogP contribution in [0.4, 0.5) is 5.88 Å². The molecule has 0 radical (unpaired) electrons. The van der Waals surface area contributed by atoms with Gasteiger partial charge in [-0.15, -0.1) is 0 Å². The summed E-state index contributed by atoms with van der Waals surface area (Å²) in [4.78, 5) is 2.37. The molecule has 0 bridgehead atoms. The second-order valence-electron chi connectivity index (χ2n) is 5.65. The molecule has 2 aromatic rings. The van der Waals surface area contributed by atoms with E-state index in [1.54, 1.807) is 0 Å². The van der Waals surface area contributed by atoms with Crippen LogP contribution >= 0.6 is 0 Å². The van der Waals surface area contributed by atoms with E-state index in [4.69, 9.17) is 4.42 Å². The fraction of sp³-hybridized carbons (Fsp3) is 0.389. The number of nitrogens with zero attached hydrogens (tertiary/aromatic N) is 2. The van der Waals surface area contributed by atoms with Gasteiger partial charge in [-0.1, -0.05) is 12.8 Å². The van der Waals surface area contributed by atoms with E-state index in [1.807, 2.05) is 31.5 Å². The van der Waals surface area contributed by atoms with Gasteiger partial charge in [0.2, 0.25) is 5.69 Å². The molecule has 1 aliphatic heterocycles. The third-order valence-electron chi connectivity index (χ3n) is 4.04. The van der Waals surface area contributed by atoms with E-state index < -0.39 is 0 Å². The topological polar surface area (TPSA) is 20.3 Å². The van der Waals surface area contributed by atoms with Gasteiger partial charge in [-0.2, -0.15) is 0 Å². The maximum atomic E-state index is 5.97. The molecule has 3 rings (SSSR count). The summed E-state index contributed by atoms with van der Waals surface area (Å²) in [6.07, 6.45) is 11.4. The van der Waals surface area contributed by atoms with Crippen molar-refractivity contribution >= 4 is 18.0 Å². The number of aromatic nitrogens is 1. The van der Waals surface area contributed by atoms with Crippen LogP contribution in [0.1, 0.15) is 37.1 Å². The summed E-state index contributed by atoms with van der Waals surface area (Å²) in [5, 5.41) is 0. The second-order valence-corrected chi connectivity index (χ2v) is 5.65. The van der Waals surface area contributed by atoms with Crippen LogP contribution in [0, 0.1) is 0 Å². The fourth-order valence-electron chi connectivity index (χ4n) is 2.77. The molecule has 3 heterocycles. The number of halogens is 1. The van der Waals surface area contributed by atoms with E-state index in [-0.39, 0.29) is 24.0 Å². The van der Waals surface area contributed by atoms with Gasteiger partial charge in [0, 0.05) is 37.4 Å². The number of anilines is 1. The Kier molecular flexibility index (Phi) is 6.49. The molecule has 22 heavy (non-hydrogen) atoms. The standard InChI is InChI=1S/C18H23N2O.HI/c1-19-13-7-4-8-16(19)9-10-17-11-12-18(21-17)20-14-5-2-3-6-15-20;/h4,7-13H,2-3,5-6,14-15H2,1H3;1H/q+1;/p-1. The van der Waals surface area contributed by atoms with Gasteiger partial charge in [0.15, 0.2) is 12.1 Å². The zero-order valence-electron chi connectivity index (χ0n) is 13.0. The van der Waals surface area contributed by atoms with Crippen molar-refractivity contribution < 1.29 is 33.0 Å². The van der Waals surface area contributed by atoms with Crippen molar-refractivity contribution in [3.8, 4) is 0 Å². The molecule has 1 aliphatic rings. The molecule has 3 nitrogen and oxygen atoms in total. The van der Waals surface area contributed by atoms with Crippen LogP contribution in [0.25, 0.3) is 12.2 Å². The smallest absolute Gasteiger partial charge is 0.205 e. The number of rotatable bonds is 3. The Hall–Kier alpha value is -1.30. The molecule has 2 aromatic heterocycles. The van der Waals surface area contributed by atoms with Crippen molar-refractivity contribution in [2.75, 3.05) is 18.0 Å². The minimum absolute atomic E-state index is 0. The lowest BCUT2D eigenvalue weighted by molar-refractivity contribution is -0.673. The summed E-state index contributed by atoms with van der Waals surface area (Å²) in [5.74, 6) is 1.92. The van der Waals surface area contributed by atoms with Crippen LogP contribution in [-0.4, -0.2) is 13.1 Å². The first-order chi connectivity index (χ1) is 10.3. The maximum absolute atomic E-state index is 5.97. The van der Waals surface area contributed by atoms with E-state index in [0.29, 0.717) is 0 Å². The molecule has 1 fully saturated rings. The molecule has 1 saturated heterocycles. The van der Waals surface area contributed by atoms with Crippen molar-refractivity contribution in [1.82, 2.24) is 0 Å². The molecular formula is C18H23IN2O. The maximum Gasteiger partial charge on any atom is 0.205 e. The zero-order chi connectivity index (χ0) is 14.5. The molecule has 0 amide bonds. The Morgan fingerprint density at radius 2 is 1.77 bits per heavy atom. The van der Waals surface area contributed by atoms with Crippen LogP contribution in [0.3, 0.4) is 0 Å². The molecular weight excluding hydrogens is 387 g/mol. The van der Waals surface area contributed by atoms with Crippen molar-refractivity contribution in [1.29, 1.82) is 0 Å². The second kappa shape index (κ2) is 8.36. The van der Waals surface area contributed by atoms with Gasteiger partial charge in [-0.3, -0.25) is 0 Å². The van der Waals surface area contributed by atoms with Crippen molar-refractivity contribution in [2.24, 2.45) is 7.05 Å². The summed E-state index contributed by atoms with van der Waals surface area (Å²) < 4.78 is 8.06. The normalized spacial score (nSPS) is 15.6. The Labute approximate surface area is 149 Å². The van der Waals surface area contributed by atoms with Crippen molar-refractivity contribution in [3.63, 3.8) is 0 Å². The van der Waals surface area contributed by atoms with Gasteiger partial charge in [-0.25, -0.2) is 4.57 Å². The molecule has 0 aromatic carbocycles. The van der Waals surface area contributed by atoms with E-state index in [1.165, 1.54) is 25.7 Å². The van der Waals surface area contributed by atoms with E-state index >= 15 is 0 Å². The molecule has 0 unspecified atom stereocenters. The van der Waals surface area contributed by atoms with Gasteiger partial charge < -0.3 is 33.3 Å². The van der Waals surface area contributed by atoms with Crippen LogP contribution in [0.15, 0.2) is 40.9 Å². The molecule has 4 heteroatoms. The summed E-state index contributed by atoms with van der Waals surface area (Å²) in [5.41, 5.74) is 1.16. The molecule has 0 saturated carbocycles. The van der Waals surface area contributed by atoms with Gasteiger partial charge in [0.25, 0.3) is 0 Å². The number of aryl methyl sites for hydroxylation is 1. The first-order valence-electron chi connectivity index (χ1n) is 7.80. The predicted molar refractivity (Wildman–Crippen MR) is 85.9 cm³/mol. The molecule has 0 atom stereocenters. The predicted octanol–water partition coefficient (Wildman–Crippen LogP) is 0.659. The SMILES string of the molecule is C[n+]1ccccc1/C=C/c1ccc(N2CCCCCC2)o1.[I-]. The summed E-state index contributed by atoms with van der Waals surface area (Å²) in [6.45, 7) is 2.23. The first-order valence-corrected chi connectivity index (χ1v) is 7.80. The highest BCUT2D eigenvalue weighted by Gasteiger charge is 2.12. The molecule has 0 aliphatic carbocycles. The third kappa shape index (κ3) is 4.35. The van der Waals surface area contributed by atoms with Gasteiger partial charge in [-0.05, 0) is 31.1 Å². The van der Waals surface area contributed by atoms with Gasteiger partial charge in [0.05, 0.1) is 0 Å². The molecule has 0 N–H and O–H groups in total. The number of pyridine rings is 1. The van der Waals surface area contributed by atoms with E-state index in [9.17, 15) is 0 Å². The summed E-state index contributed by atoms with van der Waals surface area (Å²) >= 11 is 0. The van der Waals surface area contributed by atoms with Crippen LogP contribution in [0.5, 0.6) is 0 Å². The third-order valence-corrected chi connectivity index (χ3v) is 4.04. The average Bonchev–Trinajstić information content (AvgIpc) is 2.80. The van der Waals surface area contributed by atoms with Crippen LogP contribution in [-0.2, 0) is 7.05 Å². The largest absolute Gasteiger partial charge is 1.00 e. The highest BCUT2D eigenvalue weighted by Crippen LogP contribution is 2.23. The quantitative estimate of drug-likeness (QED) is 0.548. The lowest BCUT2D eigenvalue weighted by Crippen LogP contribution is -3.00. The zero-order valence-corrected chi connectivity index (χ0v) is 15.2. The highest BCUT2D eigenvalue weighted by atomic mass is 127. The van der Waals surface area contributed by atoms with Crippen molar-refractivity contribution in [3.05, 3.63) is 48.0 Å². The monoisotopic (exact) mass is 410 g/mol. The summed E-state index contributed by atoms with van der Waals surface area (Å²) in [6, 6.07) is 10.3. The minimum Gasteiger partial charge on any atom is -1.00 e. The fourth-order valence-corrected chi connectivity index (χ4v) is 2.77. The van der Waals surface area contributed by atoms with E-state index in [0.717, 1.165) is 30.4 Å². The number of hydrogen-bond acceptors (Lipinski definition) is 2. The Morgan fingerprint density at radius 1 is 1.00 bits per heavy atom. The lowest BCUT2D eigenvalue weighted by Gasteiger charge is -2.18. The Balaban J connectivity index is 0.00000176. The Morgan fingerprint density at radius 3 is 2.50 bits per heavy atom. The Bertz CT molecular complexity index is 613. The van der Waals surface area contributed by atoms with Crippen molar-refractivity contribution in [2.45, 2.75) is 25.7 Å². The lowest BCUT2D eigenvalue weighted by atomic mass is 10.2. The minimum atomic E-state index is 0. The van der Waals surface area contributed by atoms with E-state index in [2.05, 4.69) is 33.7 Å². The van der Waals surface area contributed by atoms with Gasteiger partial charge in [0.1, 0.15) is 12.8 Å². The molecule has 118 valence electrons. The number of hydrogen-bond donors (Lipinski definition) is 0. The number of furan rings is 1. The highest BCUT2D eigenvalue weighted by molar-refractivity contribution is 5.65. The van der Waals surface area contributed by atoms with Crippen LogP contribution in [0.2, 0.25) is 0 Å². The van der Waals surface area contributed by atoms with Crippen LogP contribution < -0.4 is 33.4 Å².